The fourth-order valence-electron chi connectivity index (χ4n) is 3.12. The molecule has 4 aromatic rings. The lowest BCUT2D eigenvalue weighted by Crippen LogP contribution is -2.15. The van der Waals surface area contributed by atoms with Crippen molar-refractivity contribution in [2.45, 2.75) is 6.18 Å². The van der Waals surface area contributed by atoms with E-state index in [2.05, 4.69) is 10.3 Å². The first kappa shape index (κ1) is 18.7. The zero-order valence-electron chi connectivity index (χ0n) is 14.6. The number of nitrogens with one attached hydrogen (secondary N) is 2. The lowest BCUT2D eigenvalue weighted by Gasteiger charge is -2.11. The summed E-state index contributed by atoms with van der Waals surface area (Å²) in [6.45, 7) is 0. The van der Waals surface area contributed by atoms with Gasteiger partial charge in [-0.05, 0) is 48.5 Å². The summed E-state index contributed by atoms with van der Waals surface area (Å²) >= 11 is 0. The van der Waals surface area contributed by atoms with E-state index < -0.39 is 28.9 Å². The fraction of sp³-hybridized carbons (Fsp3) is 0.0476. The Kier molecular flexibility index (Phi) is 4.34. The molecule has 0 unspecified atom stereocenters. The van der Waals surface area contributed by atoms with Gasteiger partial charge in [-0.15, -0.1) is 0 Å². The van der Waals surface area contributed by atoms with Gasteiger partial charge in [-0.25, -0.2) is 4.39 Å². The molecule has 146 valence electrons. The molecule has 29 heavy (non-hydrogen) atoms. The Morgan fingerprint density at radius 3 is 2.14 bits per heavy atom. The van der Waals surface area contributed by atoms with Crippen LogP contribution in [-0.2, 0) is 6.18 Å². The topological polar surface area (TPSA) is 62.0 Å². The molecule has 1 heterocycles. The zero-order chi connectivity index (χ0) is 20.8. The average molecular weight is 400 g/mol. The molecule has 8 heteroatoms. The molecule has 3 aromatic carbocycles. The Labute approximate surface area is 160 Å². The van der Waals surface area contributed by atoms with Crippen LogP contribution in [0.3, 0.4) is 0 Å². The molecule has 0 saturated heterocycles. The lowest BCUT2D eigenvalue weighted by molar-refractivity contribution is -0.137. The maximum absolute atomic E-state index is 14.1. The van der Waals surface area contributed by atoms with E-state index >= 15 is 0 Å². The molecule has 1 amide bonds. The van der Waals surface area contributed by atoms with Crippen LogP contribution in [0.2, 0.25) is 0 Å². The maximum atomic E-state index is 14.1. The van der Waals surface area contributed by atoms with Gasteiger partial charge in [-0.1, -0.05) is 12.1 Å². The average Bonchev–Trinajstić information content (AvgIpc) is 2.68. The smallest absolute Gasteiger partial charge is 0.351 e. The summed E-state index contributed by atoms with van der Waals surface area (Å²) < 4.78 is 52.1. The summed E-state index contributed by atoms with van der Waals surface area (Å²) in [6, 6.07) is 12.5. The monoisotopic (exact) mass is 400 g/mol. The molecule has 0 atom stereocenters. The quantitative estimate of drug-likeness (QED) is 0.364. The Balaban J connectivity index is 1.77. The zero-order valence-corrected chi connectivity index (χ0v) is 14.6. The second kappa shape index (κ2) is 6.73. The summed E-state index contributed by atoms with van der Waals surface area (Å²) in [6.07, 6.45) is -4.48. The van der Waals surface area contributed by atoms with E-state index in [-0.39, 0.29) is 33.1 Å². The number of alkyl halides is 3. The second-order valence-corrected chi connectivity index (χ2v) is 6.37. The van der Waals surface area contributed by atoms with Crippen LogP contribution in [-0.4, -0.2) is 10.9 Å². The number of carbonyl (C=O) groups is 1. The Morgan fingerprint density at radius 1 is 0.862 bits per heavy atom. The summed E-state index contributed by atoms with van der Waals surface area (Å²) in [4.78, 5) is 28.2. The SMILES string of the molecule is O=C(Nc1ccc(C(F)(F)F)cc1)c1cccc2c(=O)c3cccc(F)c3[nH]c12. The molecule has 0 saturated carbocycles. The normalized spacial score (nSPS) is 11.7. The summed E-state index contributed by atoms with van der Waals surface area (Å²) in [5, 5.41) is 2.84. The number of H-pyrrole nitrogens is 1. The van der Waals surface area contributed by atoms with E-state index in [1.54, 1.807) is 0 Å². The minimum Gasteiger partial charge on any atom is -0.351 e. The summed E-state index contributed by atoms with van der Waals surface area (Å²) in [7, 11) is 0. The van der Waals surface area contributed by atoms with Gasteiger partial charge in [-0.3, -0.25) is 9.59 Å². The van der Waals surface area contributed by atoms with Gasteiger partial charge >= 0.3 is 6.18 Å². The van der Waals surface area contributed by atoms with Crippen LogP contribution in [0.15, 0.2) is 65.5 Å². The minimum absolute atomic E-state index is 0.0280. The molecule has 1 aromatic heterocycles. The van der Waals surface area contributed by atoms with Gasteiger partial charge in [0.25, 0.3) is 5.91 Å². The van der Waals surface area contributed by atoms with Gasteiger partial charge in [0.05, 0.1) is 22.2 Å². The first-order chi connectivity index (χ1) is 13.8. The number of benzene rings is 3. The molecule has 2 N–H and O–H groups in total. The maximum Gasteiger partial charge on any atom is 0.416 e. The number of hydrogen-bond acceptors (Lipinski definition) is 2. The van der Waals surface area contributed by atoms with E-state index in [9.17, 15) is 27.2 Å². The summed E-state index contributed by atoms with van der Waals surface area (Å²) in [5.41, 5.74) is -0.956. The first-order valence-electron chi connectivity index (χ1n) is 8.47. The van der Waals surface area contributed by atoms with Crippen molar-refractivity contribution in [2.75, 3.05) is 5.32 Å². The third kappa shape index (κ3) is 3.33. The van der Waals surface area contributed by atoms with Gasteiger partial charge in [0, 0.05) is 16.5 Å². The molecule has 0 bridgehead atoms. The van der Waals surface area contributed by atoms with E-state index in [1.807, 2.05) is 0 Å². The number of para-hydroxylation sites is 2. The van der Waals surface area contributed by atoms with Crippen molar-refractivity contribution in [3.8, 4) is 0 Å². The number of carbonyl (C=O) groups excluding carboxylic acids is 1. The van der Waals surface area contributed by atoms with Crippen molar-refractivity contribution in [1.82, 2.24) is 4.98 Å². The van der Waals surface area contributed by atoms with Crippen molar-refractivity contribution in [1.29, 1.82) is 0 Å². The van der Waals surface area contributed by atoms with E-state index in [0.717, 1.165) is 24.3 Å². The van der Waals surface area contributed by atoms with Crippen LogP contribution < -0.4 is 10.7 Å². The third-order valence-electron chi connectivity index (χ3n) is 4.53. The third-order valence-corrected chi connectivity index (χ3v) is 4.53. The molecule has 0 spiro atoms. The number of aromatic nitrogens is 1. The fourth-order valence-corrected chi connectivity index (χ4v) is 3.12. The number of aromatic amines is 1. The summed E-state index contributed by atoms with van der Waals surface area (Å²) in [5.74, 6) is -1.29. The molecule has 0 aliphatic heterocycles. The Morgan fingerprint density at radius 2 is 1.48 bits per heavy atom. The molecule has 4 rings (SSSR count). The molecule has 0 aliphatic rings. The first-order valence-corrected chi connectivity index (χ1v) is 8.47. The van der Waals surface area contributed by atoms with Crippen molar-refractivity contribution >= 4 is 33.4 Å². The van der Waals surface area contributed by atoms with Crippen molar-refractivity contribution in [2.24, 2.45) is 0 Å². The number of pyridine rings is 1. The predicted octanol–water partition coefficient (Wildman–Crippen LogP) is 5.09. The molecular weight excluding hydrogens is 388 g/mol. The molecular formula is C21H12F4N2O2. The van der Waals surface area contributed by atoms with Gasteiger partial charge < -0.3 is 10.3 Å². The number of anilines is 1. The van der Waals surface area contributed by atoms with Gasteiger partial charge in [0.2, 0.25) is 0 Å². The molecule has 4 nitrogen and oxygen atoms in total. The standard InChI is InChI=1S/C21H12F4N2O2/c22-16-6-2-4-14-18(16)27-17-13(19(14)28)3-1-5-15(17)20(29)26-12-9-7-11(8-10-12)21(23,24)25/h1-10H,(H,26,29)(H,27,28). The molecule has 0 radical (unpaired) electrons. The number of hydrogen-bond donors (Lipinski definition) is 2. The van der Waals surface area contributed by atoms with Gasteiger partial charge in [-0.2, -0.15) is 13.2 Å². The van der Waals surface area contributed by atoms with Gasteiger partial charge in [0.1, 0.15) is 5.82 Å². The highest BCUT2D eigenvalue weighted by atomic mass is 19.4. The van der Waals surface area contributed by atoms with Crippen molar-refractivity contribution in [3.63, 3.8) is 0 Å². The number of halogens is 4. The van der Waals surface area contributed by atoms with Crippen LogP contribution in [0.25, 0.3) is 21.8 Å². The molecule has 0 fully saturated rings. The lowest BCUT2D eigenvalue weighted by atomic mass is 10.1. The Bertz CT molecular complexity index is 1310. The minimum atomic E-state index is -4.48. The number of rotatable bonds is 2. The second-order valence-electron chi connectivity index (χ2n) is 6.37. The van der Waals surface area contributed by atoms with Crippen LogP contribution in [0.4, 0.5) is 23.2 Å². The Hall–Kier alpha value is -3.68. The predicted molar refractivity (Wildman–Crippen MR) is 101 cm³/mol. The number of amides is 1. The number of fused-ring (bicyclic) bond motifs is 2. The van der Waals surface area contributed by atoms with Crippen LogP contribution in [0, 0.1) is 5.82 Å². The van der Waals surface area contributed by atoms with E-state index in [0.29, 0.717) is 0 Å². The van der Waals surface area contributed by atoms with Crippen molar-refractivity contribution < 1.29 is 22.4 Å². The van der Waals surface area contributed by atoms with Crippen LogP contribution >= 0.6 is 0 Å². The van der Waals surface area contributed by atoms with Gasteiger partial charge in [0.15, 0.2) is 5.43 Å². The largest absolute Gasteiger partial charge is 0.416 e. The highest BCUT2D eigenvalue weighted by Crippen LogP contribution is 2.30. The highest BCUT2D eigenvalue weighted by Gasteiger charge is 2.30. The van der Waals surface area contributed by atoms with E-state index in [4.69, 9.17) is 0 Å². The van der Waals surface area contributed by atoms with E-state index in [1.165, 1.54) is 36.4 Å². The van der Waals surface area contributed by atoms with Crippen molar-refractivity contribution in [3.05, 3.63) is 87.8 Å². The molecule has 0 aliphatic carbocycles. The van der Waals surface area contributed by atoms with Crippen LogP contribution in [0.1, 0.15) is 15.9 Å². The van der Waals surface area contributed by atoms with Crippen LogP contribution in [0.5, 0.6) is 0 Å². The highest BCUT2D eigenvalue weighted by molar-refractivity contribution is 6.13.